The van der Waals surface area contributed by atoms with Crippen molar-refractivity contribution in [3.8, 4) is 5.75 Å². The fourth-order valence-corrected chi connectivity index (χ4v) is 1.77. The second-order valence-corrected chi connectivity index (χ2v) is 4.74. The number of benzene rings is 1. The lowest BCUT2D eigenvalue weighted by Crippen LogP contribution is -1.87. The van der Waals surface area contributed by atoms with E-state index in [1.165, 1.54) is 5.56 Å². The van der Waals surface area contributed by atoms with Crippen LogP contribution in [0.4, 0.5) is 0 Å². The van der Waals surface area contributed by atoms with Gasteiger partial charge in [0, 0.05) is 4.83 Å². The van der Waals surface area contributed by atoms with Crippen molar-refractivity contribution >= 4 is 31.9 Å². The van der Waals surface area contributed by atoms with E-state index >= 15 is 0 Å². The van der Waals surface area contributed by atoms with Crippen LogP contribution in [0.5, 0.6) is 5.75 Å². The Morgan fingerprint density at radius 2 is 2.08 bits per heavy atom. The fraction of sp³-hybridized carbons (Fsp3) is 0.333. The predicted molar refractivity (Wildman–Crippen MR) is 58.0 cm³/mol. The Morgan fingerprint density at radius 3 is 2.50 bits per heavy atom. The number of alkyl halides is 1. The van der Waals surface area contributed by atoms with Gasteiger partial charge in [-0.15, -0.1) is 0 Å². The van der Waals surface area contributed by atoms with Crippen molar-refractivity contribution in [2.24, 2.45) is 0 Å². The summed E-state index contributed by atoms with van der Waals surface area (Å²) < 4.78 is 6.11. The topological polar surface area (TPSA) is 9.23 Å². The first-order chi connectivity index (χ1) is 5.65. The minimum absolute atomic E-state index is 0.375. The van der Waals surface area contributed by atoms with Crippen molar-refractivity contribution in [3.63, 3.8) is 0 Å². The summed E-state index contributed by atoms with van der Waals surface area (Å²) in [5.41, 5.74) is 1.24. The first-order valence-corrected chi connectivity index (χ1v) is 5.33. The van der Waals surface area contributed by atoms with Crippen LogP contribution in [0.1, 0.15) is 17.3 Å². The first-order valence-electron chi connectivity index (χ1n) is 3.62. The van der Waals surface area contributed by atoms with Crippen LogP contribution in [0, 0.1) is 0 Å². The number of methoxy groups -OCH3 is 1. The first kappa shape index (κ1) is 10.1. The fourth-order valence-electron chi connectivity index (χ4n) is 0.930. The van der Waals surface area contributed by atoms with E-state index in [2.05, 4.69) is 44.8 Å². The van der Waals surface area contributed by atoms with Gasteiger partial charge in [0.05, 0.1) is 11.6 Å². The van der Waals surface area contributed by atoms with Crippen molar-refractivity contribution in [1.82, 2.24) is 0 Å². The molecule has 1 nitrogen and oxygen atoms in total. The SMILES string of the molecule is COc1ccc(C(C)Br)cc1Br. The lowest BCUT2D eigenvalue weighted by atomic mass is 10.2. The predicted octanol–water partition coefficient (Wildman–Crippen LogP) is 3.91. The number of hydrogen-bond donors (Lipinski definition) is 0. The molecule has 0 fully saturated rings. The van der Waals surface area contributed by atoms with Gasteiger partial charge in [-0.25, -0.2) is 0 Å². The standard InChI is InChI=1S/C9H10Br2O/c1-6(10)7-3-4-9(12-2)8(11)5-7/h3-6H,1-2H3. The largest absolute Gasteiger partial charge is 0.496 e. The van der Waals surface area contributed by atoms with Gasteiger partial charge in [-0.05, 0) is 40.5 Å². The van der Waals surface area contributed by atoms with Crippen LogP contribution in [0.2, 0.25) is 0 Å². The quantitative estimate of drug-likeness (QED) is 0.751. The van der Waals surface area contributed by atoms with Crippen LogP contribution in [0.25, 0.3) is 0 Å². The normalized spacial score (nSPS) is 12.7. The molecule has 1 aromatic rings. The smallest absolute Gasteiger partial charge is 0.133 e. The second kappa shape index (κ2) is 4.28. The summed E-state index contributed by atoms with van der Waals surface area (Å²) in [7, 11) is 1.66. The van der Waals surface area contributed by atoms with Crippen molar-refractivity contribution in [2.45, 2.75) is 11.8 Å². The maximum atomic E-state index is 5.12. The molecule has 66 valence electrons. The van der Waals surface area contributed by atoms with Crippen LogP contribution >= 0.6 is 31.9 Å². The van der Waals surface area contributed by atoms with Gasteiger partial charge < -0.3 is 4.74 Å². The molecular formula is C9H10Br2O. The van der Waals surface area contributed by atoms with Crippen molar-refractivity contribution in [2.75, 3.05) is 7.11 Å². The third kappa shape index (κ3) is 2.23. The maximum Gasteiger partial charge on any atom is 0.133 e. The molecule has 0 heterocycles. The molecule has 1 rings (SSSR count). The maximum absolute atomic E-state index is 5.12. The highest BCUT2D eigenvalue weighted by molar-refractivity contribution is 9.10. The molecule has 0 N–H and O–H groups in total. The van der Waals surface area contributed by atoms with Crippen molar-refractivity contribution in [1.29, 1.82) is 0 Å². The highest BCUT2D eigenvalue weighted by atomic mass is 79.9. The van der Waals surface area contributed by atoms with E-state index in [-0.39, 0.29) is 0 Å². The van der Waals surface area contributed by atoms with E-state index in [1.54, 1.807) is 7.11 Å². The Bertz CT molecular complexity index is 271. The van der Waals surface area contributed by atoms with Gasteiger partial charge in [0.2, 0.25) is 0 Å². The molecule has 0 amide bonds. The van der Waals surface area contributed by atoms with Gasteiger partial charge in [0.1, 0.15) is 5.75 Å². The van der Waals surface area contributed by atoms with E-state index in [0.717, 1.165) is 10.2 Å². The Balaban J connectivity index is 3.02. The summed E-state index contributed by atoms with van der Waals surface area (Å²) in [6, 6.07) is 6.05. The molecule has 0 aliphatic rings. The minimum Gasteiger partial charge on any atom is -0.496 e. The highest BCUT2D eigenvalue weighted by Gasteiger charge is 2.04. The molecule has 12 heavy (non-hydrogen) atoms. The van der Waals surface area contributed by atoms with Gasteiger partial charge >= 0.3 is 0 Å². The molecule has 3 heteroatoms. The van der Waals surface area contributed by atoms with Gasteiger partial charge in [-0.2, -0.15) is 0 Å². The third-order valence-corrected chi connectivity index (χ3v) is 2.78. The Hall–Kier alpha value is -0.0200. The molecular weight excluding hydrogens is 284 g/mol. The summed E-state index contributed by atoms with van der Waals surface area (Å²) in [4.78, 5) is 0.375. The number of rotatable bonds is 2. The Labute approximate surface area is 89.4 Å². The molecule has 0 aliphatic heterocycles. The van der Waals surface area contributed by atoms with Crippen molar-refractivity contribution in [3.05, 3.63) is 28.2 Å². The van der Waals surface area contributed by atoms with Crippen LogP contribution in [-0.2, 0) is 0 Å². The van der Waals surface area contributed by atoms with E-state index in [0.29, 0.717) is 4.83 Å². The van der Waals surface area contributed by atoms with Crippen LogP contribution < -0.4 is 4.74 Å². The zero-order valence-electron chi connectivity index (χ0n) is 6.97. The number of hydrogen-bond acceptors (Lipinski definition) is 1. The minimum atomic E-state index is 0.375. The molecule has 1 unspecified atom stereocenters. The van der Waals surface area contributed by atoms with E-state index in [1.807, 2.05) is 12.1 Å². The zero-order chi connectivity index (χ0) is 9.14. The van der Waals surface area contributed by atoms with E-state index in [4.69, 9.17) is 4.74 Å². The van der Waals surface area contributed by atoms with E-state index in [9.17, 15) is 0 Å². The molecule has 1 aromatic carbocycles. The average Bonchev–Trinajstić information content (AvgIpc) is 2.04. The molecule has 0 bridgehead atoms. The average molecular weight is 294 g/mol. The number of halogens is 2. The number of ether oxygens (including phenoxy) is 1. The van der Waals surface area contributed by atoms with E-state index < -0.39 is 0 Å². The molecule has 0 aliphatic carbocycles. The summed E-state index contributed by atoms with van der Waals surface area (Å²) in [5.74, 6) is 0.868. The molecule has 0 saturated carbocycles. The summed E-state index contributed by atoms with van der Waals surface area (Å²) in [6.07, 6.45) is 0. The Morgan fingerprint density at radius 1 is 1.42 bits per heavy atom. The summed E-state index contributed by atoms with van der Waals surface area (Å²) >= 11 is 6.93. The Kier molecular flexibility index (Phi) is 3.59. The summed E-state index contributed by atoms with van der Waals surface area (Å²) in [5, 5.41) is 0. The monoisotopic (exact) mass is 292 g/mol. The van der Waals surface area contributed by atoms with Crippen LogP contribution in [-0.4, -0.2) is 7.11 Å². The van der Waals surface area contributed by atoms with Gasteiger partial charge in [-0.1, -0.05) is 22.0 Å². The highest BCUT2D eigenvalue weighted by Crippen LogP contribution is 2.30. The van der Waals surface area contributed by atoms with Crippen LogP contribution in [0.3, 0.4) is 0 Å². The molecule has 0 spiro atoms. The van der Waals surface area contributed by atoms with Gasteiger partial charge in [0.15, 0.2) is 0 Å². The lowest BCUT2D eigenvalue weighted by molar-refractivity contribution is 0.412. The van der Waals surface area contributed by atoms with Crippen LogP contribution in [0.15, 0.2) is 22.7 Å². The second-order valence-electron chi connectivity index (χ2n) is 2.51. The summed E-state index contributed by atoms with van der Waals surface area (Å²) in [6.45, 7) is 2.09. The lowest BCUT2D eigenvalue weighted by Gasteiger charge is -2.07. The van der Waals surface area contributed by atoms with Gasteiger partial charge in [-0.3, -0.25) is 0 Å². The molecule has 0 saturated heterocycles. The third-order valence-electron chi connectivity index (χ3n) is 1.64. The molecule has 1 atom stereocenters. The molecule has 0 aromatic heterocycles. The molecule has 0 radical (unpaired) electrons. The van der Waals surface area contributed by atoms with Crippen molar-refractivity contribution < 1.29 is 4.74 Å². The zero-order valence-corrected chi connectivity index (χ0v) is 10.1. The van der Waals surface area contributed by atoms with Gasteiger partial charge in [0.25, 0.3) is 0 Å².